The first kappa shape index (κ1) is 21.1. The first-order valence-electron chi connectivity index (χ1n) is 11.4. The van der Waals surface area contributed by atoms with Crippen LogP contribution in [0.25, 0.3) is 16.9 Å². The van der Waals surface area contributed by atoms with Gasteiger partial charge in [-0.25, -0.2) is 9.97 Å². The number of fused-ring (bicyclic) bond motifs is 2. The van der Waals surface area contributed by atoms with Crippen molar-refractivity contribution < 1.29 is 19.0 Å². The zero-order valence-electron chi connectivity index (χ0n) is 19.1. The predicted molar refractivity (Wildman–Crippen MR) is 126 cm³/mol. The lowest BCUT2D eigenvalue weighted by Gasteiger charge is -2.35. The number of hydrogen-bond donors (Lipinski definition) is 0. The molecule has 11 heteroatoms. The van der Waals surface area contributed by atoms with Gasteiger partial charge in [0, 0.05) is 31.7 Å². The lowest BCUT2D eigenvalue weighted by molar-refractivity contribution is 0.0746. The average molecular weight is 473 g/mol. The average Bonchev–Trinajstić information content (AvgIpc) is 3.56. The fraction of sp³-hybridized carbons (Fsp3) is 0.292. The minimum Gasteiger partial charge on any atom is -0.494 e. The van der Waals surface area contributed by atoms with Crippen LogP contribution in [-0.4, -0.2) is 75.3 Å². The molecule has 11 nitrogen and oxygen atoms in total. The maximum Gasteiger partial charge on any atom is 0.254 e. The standard InChI is InChI=1S/C24H23N7O4/c1-2-33-18-6-4-17(5-7-18)31-23-21(27-28-31)22(25-14-26-23)29-9-11-30(12-10-29)24(32)16-3-8-19-20(13-16)35-15-34-19/h3-8,13-14H,2,9-12,15H2,1H3. The van der Waals surface area contributed by atoms with Crippen molar-refractivity contribution in [2.75, 3.05) is 44.5 Å². The van der Waals surface area contributed by atoms with Crippen LogP contribution >= 0.6 is 0 Å². The molecule has 2 aromatic heterocycles. The Morgan fingerprint density at radius 1 is 1.00 bits per heavy atom. The monoisotopic (exact) mass is 473 g/mol. The highest BCUT2D eigenvalue weighted by Gasteiger charge is 2.26. The van der Waals surface area contributed by atoms with Crippen molar-refractivity contribution in [1.29, 1.82) is 0 Å². The summed E-state index contributed by atoms with van der Waals surface area (Å²) in [5, 5.41) is 8.69. The number of hydrogen-bond acceptors (Lipinski definition) is 9. The molecule has 2 aliphatic rings. The van der Waals surface area contributed by atoms with Crippen LogP contribution < -0.4 is 19.1 Å². The molecule has 1 saturated heterocycles. The number of amides is 1. The molecule has 2 aromatic carbocycles. The molecule has 0 aliphatic carbocycles. The summed E-state index contributed by atoms with van der Waals surface area (Å²) >= 11 is 0. The molecule has 35 heavy (non-hydrogen) atoms. The highest BCUT2D eigenvalue weighted by atomic mass is 16.7. The first-order valence-corrected chi connectivity index (χ1v) is 11.4. The molecular weight excluding hydrogens is 450 g/mol. The largest absolute Gasteiger partial charge is 0.494 e. The van der Waals surface area contributed by atoms with E-state index in [4.69, 9.17) is 14.2 Å². The van der Waals surface area contributed by atoms with Crippen LogP contribution in [0.1, 0.15) is 17.3 Å². The summed E-state index contributed by atoms with van der Waals surface area (Å²) in [7, 11) is 0. The number of ether oxygens (including phenoxy) is 3. The lowest BCUT2D eigenvalue weighted by atomic mass is 10.1. The lowest BCUT2D eigenvalue weighted by Crippen LogP contribution is -2.49. The van der Waals surface area contributed by atoms with Crippen molar-refractivity contribution in [2.45, 2.75) is 6.92 Å². The third-order valence-corrected chi connectivity index (χ3v) is 6.10. The second-order valence-electron chi connectivity index (χ2n) is 8.14. The SMILES string of the molecule is CCOc1ccc(-n2nnc3c(N4CCN(C(=O)c5ccc6c(c5)OCO6)CC4)ncnc32)cc1. The van der Waals surface area contributed by atoms with E-state index in [0.29, 0.717) is 66.8 Å². The summed E-state index contributed by atoms with van der Waals surface area (Å²) in [6.45, 7) is 5.11. The first-order chi connectivity index (χ1) is 17.2. The highest BCUT2D eigenvalue weighted by Crippen LogP contribution is 2.33. The number of carbonyl (C=O) groups excluding carboxylic acids is 1. The molecule has 4 aromatic rings. The Hall–Kier alpha value is -4.41. The van der Waals surface area contributed by atoms with Crippen LogP contribution in [0.3, 0.4) is 0 Å². The van der Waals surface area contributed by atoms with Crippen molar-refractivity contribution in [3.05, 3.63) is 54.4 Å². The second-order valence-corrected chi connectivity index (χ2v) is 8.14. The van der Waals surface area contributed by atoms with E-state index in [-0.39, 0.29) is 12.7 Å². The summed E-state index contributed by atoms with van der Waals surface area (Å²) in [6.07, 6.45) is 1.52. The minimum atomic E-state index is -0.0303. The Kier molecular flexibility index (Phi) is 5.28. The Balaban J connectivity index is 1.19. The van der Waals surface area contributed by atoms with Crippen LogP contribution in [0.2, 0.25) is 0 Å². The summed E-state index contributed by atoms with van der Waals surface area (Å²) in [4.78, 5) is 25.9. The van der Waals surface area contributed by atoms with Gasteiger partial charge in [-0.3, -0.25) is 4.79 Å². The molecule has 0 N–H and O–H groups in total. The molecule has 0 unspecified atom stereocenters. The number of benzene rings is 2. The Bertz CT molecular complexity index is 1380. The van der Waals surface area contributed by atoms with Gasteiger partial charge in [0.25, 0.3) is 5.91 Å². The van der Waals surface area contributed by atoms with Gasteiger partial charge in [-0.05, 0) is 49.4 Å². The molecule has 0 radical (unpaired) electrons. The minimum absolute atomic E-state index is 0.0303. The van der Waals surface area contributed by atoms with Crippen LogP contribution in [0.5, 0.6) is 17.2 Å². The number of anilines is 1. The summed E-state index contributed by atoms with van der Waals surface area (Å²) in [5.74, 6) is 2.75. The van der Waals surface area contributed by atoms with Crippen LogP contribution in [0.4, 0.5) is 5.82 Å². The van der Waals surface area contributed by atoms with Crippen LogP contribution in [-0.2, 0) is 0 Å². The van der Waals surface area contributed by atoms with E-state index in [1.165, 1.54) is 6.33 Å². The molecule has 0 saturated carbocycles. The van der Waals surface area contributed by atoms with Crippen molar-refractivity contribution in [1.82, 2.24) is 29.9 Å². The molecule has 0 bridgehead atoms. The van der Waals surface area contributed by atoms with Crippen molar-refractivity contribution in [3.63, 3.8) is 0 Å². The van der Waals surface area contributed by atoms with Crippen molar-refractivity contribution >= 4 is 22.9 Å². The molecule has 1 fully saturated rings. The summed E-state index contributed by atoms with van der Waals surface area (Å²) < 4.78 is 18.0. The van der Waals surface area contributed by atoms with Gasteiger partial charge in [0.15, 0.2) is 28.5 Å². The van der Waals surface area contributed by atoms with Crippen LogP contribution in [0, 0.1) is 0 Å². The molecule has 1 amide bonds. The van der Waals surface area contributed by atoms with E-state index < -0.39 is 0 Å². The van der Waals surface area contributed by atoms with Gasteiger partial charge in [0.05, 0.1) is 12.3 Å². The summed E-state index contributed by atoms with van der Waals surface area (Å²) in [5.41, 5.74) is 2.67. The van der Waals surface area contributed by atoms with Gasteiger partial charge in [-0.1, -0.05) is 5.21 Å². The Morgan fingerprint density at radius 3 is 2.60 bits per heavy atom. The van der Waals surface area contributed by atoms with Gasteiger partial charge < -0.3 is 24.0 Å². The maximum atomic E-state index is 13.0. The van der Waals surface area contributed by atoms with Gasteiger partial charge in [0.1, 0.15) is 12.1 Å². The van der Waals surface area contributed by atoms with E-state index in [1.54, 1.807) is 22.9 Å². The summed E-state index contributed by atoms with van der Waals surface area (Å²) in [6, 6.07) is 12.9. The van der Waals surface area contributed by atoms with Crippen molar-refractivity contribution in [2.24, 2.45) is 0 Å². The van der Waals surface area contributed by atoms with E-state index in [9.17, 15) is 4.79 Å². The number of carbonyl (C=O) groups is 1. The highest BCUT2D eigenvalue weighted by molar-refractivity contribution is 5.95. The van der Waals surface area contributed by atoms with E-state index in [0.717, 1.165) is 11.4 Å². The zero-order valence-corrected chi connectivity index (χ0v) is 19.1. The molecule has 0 atom stereocenters. The third kappa shape index (κ3) is 3.84. The molecule has 2 aliphatic heterocycles. The third-order valence-electron chi connectivity index (χ3n) is 6.10. The second kappa shape index (κ2) is 8.75. The number of aromatic nitrogens is 5. The molecule has 4 heterocycles. The number of rotatable bonds is 5. The topological polar surface area (TPSA) is 108 Å². The Labute approximate surface area is 200 Å². The number of piperazine rings is 1. The Morgan fingerprint density at radius 2 is 1.80 bits per heavy atom. The molecule has 178 valence electrons. The van der Waals surface area contributed by atoms with Crippen LogP contribution in [0.15, 0.2) is 48.8 Å². The zero-order chi connectivity index (χ0) is 23.8. The van der Waals surface area contributed by atoms with Gasteiger partial charge >= 0.3 is 0 Å². The fourth-order valence-electron chi connectivity index (χ4n) is 4.33. The van der Waals surface area contributed by atoms with E-state index in [2.05, 4.69) is 25.2 Å². The van der Waals surface area contributed by atoms with Gasteiger partial charge in [0.2, 0.25) is 6.79 Å². The van der Waals surface area contributed by atoms with Gasteiger partial charge in [-0.15, -0.1) is 5.10 Å². The van der Waals surface area contributed by atoms with Gasteiger partial charge in [-0.2, -0.15) is 4.68 Å². The van der Waals surface area contributed by atoms with E-state index >= 15 is 0 Å². The number of nitrogens with zero attached hydrogens (tertiary/aromatic N) is 7. The molecule has 0 spiro atoms. The molecule has 6 rings (SSSR count). The molecular formula is C24H23N7O4. The maximum absolute atomic E-state index is 13.0. The fourth-order valence-corrected chi connectivity index (χ4v) is 4.33. The van der Waals surface area contributed by atoms with E-state index in [1.807, 2.05) is 36.1 Å². The van der Waals surface area contributed by atoms with Crippen molar-refractivity contribution in [3.8, 4) is 22.9 Å². The smallest absolute Gasteiger partial charge is 0.254 e. The quantitative estimate of drug-likeness (QED) is 0.431. The predicted octanol–water partition coefficient (Wildman–Crippen LogP) is 2.30. The normalized spacial score (nSPS) is 15.0.